The van der Waals surface area contributed by atoms with Gasteiger partial charge in [0.2, 0.25) is 0 Å². The predicted octanol–water partition coefficient (Wildman–Crippen LogP) is 3.58. The van der Waals surface area contributed by atoms with E-state index in [1.165, 1.54) is 0 Å². The van der Waals surface area contributed by atoms with Crippen LogP contribution in [0.5, 0.6) is 0 Å². The van der Waals surface area contributed by atoms with E-state index in [4.69, 9.17) is 0 Å². The summed E-state index contributed by atoms with van der Waals surface area (Å²) in [6, 6.07) is 0. The number of fused-ring (bicyclic) bond motifs is 1. The van der Waals surface area contributed by atoms with Gasteiger partial charge in [0, 0.05) is 13.1 Å². The topological polar surface area (TPSA) is 37.4 Å². The summed E-state index contributed by atoms with van der Waals surface area (Å²) in [6.45, 7) is -0.704. The largest absolute Gasteiger partial charge is 0.428 e. The first-order valence-corrected chi connectivity index (χ1v) is 9.06. The molecule has 0 N–H and O–H groups in total. The lowest BCUT2D eigenvalue weighted by Crippen LogP contribution is -2.61. The van der Waals surface area contributed by atoms with Gasteiger partial charge in [0.1, 0.15) is 0 Å². The highest BCUT2D eigenvalue weighted by Crippen LogP contribution is 2.51. The first kappa shape index (κ1) is 19.2. The molecule has 1 aliphatic carbocycles. The Kier molecular flexibility index (Phi) is 4.98. The molecule has 0 amide bonds. The molecule has 0 aromatic rings. The van der Waals surface area contributed by atoms with Crippen molar-refractivity contribution in [1.29, 1.82) is 0 Å². The number of rotatable bonds is 4. The van der Waals surface area contributed by atoms with Gasteiger partial charge in [-0.05, 0) is 24.7 Å². The number of hydrogen-bond donors (Lipinski definition) is 1. The average Bonchev–Trinajstić information content (AvgIpc) is 2.45. The SMILES string of the molecule is O=S(=O)(N1CCC2CCCCC2C1)C(F)(F)C(F)(F)C(F)(F)S. The molecule has 0 aromatic carbocycles. The van der Waals surface area contributed by atoms with E-state index >= 15 is 0 Å². The Morgan fingerprint density at radius 3 is 1.96 bits per heavy atom. The number of nitrogens with zero attached hydrogens (tertiary/aromatic N) is 1. The summed E-state index contributed by atoms with van der Waals surface area (Å²) >= 11 is 2.15. The Morgan fingerprint density at radius 2 is 1.43 bits per heavy atom. The number of halogens is 6. The second-order valence-corrected chi connectivity index (χ2v) is 8.63. The van der Waals surface area contributed by atoms with Gasteiger partial charge in [-0.15, -0.1) is 0 Å². The number of thiol groups is 1. The fourth-order valence-corrected chi connectivity index (χ4v) is 5.01. The number of alkyl halides is 6. The van der Waals surface area contributed by atoms with Gasteiger partial charge in [-0.3, -0.25) is 0 Å². The average molecular weight is 385 g/mol. The maximum Gasteiger partial charge on any atom is 0.428 e. The molecule has 2 aliphatic rings. The van der Waals surface area contributed by atoms with Gasteiger partial charge in [-0.2, -0.15) is 30.6 Å². The lowest BCUT2D eigenvalue weighted by Gasteiger charge is -2.42. The molecule has 2 rings (SSSR count). The van der Waals surface area contributed by atoms with E-state index in [-0.39, 0.29) is 35.7 Å². The second kappa shape index (κ2) is 5.98. The van der Waals surface area contributed by atoms with Gasteiger partial charge in [-0.25, -0.2) is 8.42 Å². The lowest BCUT2D eigenvalue weighted by molar-refractivity contribution is -0.241. The zero-order chi connectivity index (χ0) is 17.7. The Balaban J connectivity index is 2.27. The van der Waals surface area contributed by atoms with Crippen molar-refractivity contribution in [3.63, 3.8) is 0 Å². The molecule has 1 heterocycles. The van der Waals surface area contributed by atoms with Crippen LogP contribution in [0.4, 0.5) is 26.3 Å². The molecule has 136 valence electrons. The molecule has 2 fully saturated rings. The molecular formula is C12H17F6NO2S2. The van der Waals surface area contributed by atoms with E-state index in [0.717, 1.165) is 19.3 Å². The summed E-state index contributed by atoms with van der Waals surface area (Å²) in [6.07, 6.45) is 3.47. The third-order valence-electron chi connectivity index (χ3n) is 4.66. The van der Waals surface area contributed by atoms with E-state index < -0.39 is 26.5 Å². The first-order valence-electron chi connectivity index (χ1n) is 7.18. The van der Waals surface area contributed by atoms with Gasteiger partial charge in [0.15, 0.2) is 0 Å². The van der Waals surface area contributed by atoms with E-state index in [9.17, 15) is 34.8 Å². The van der Waals surface area contributed by atoms with Crippen LogP contribution in [0.25, 0.3) is 0 Å². The van der Waals surface area contributed by atoms with Crippen molar-refractivity contribution in [1.82, 2.24) is 4.31 Å². The smallest absolute Gasteiger partial charge is 0.206 e. The molecule has 0 bridgehead atoms. The van der Waals surface area contributed by atoms with Crippen molar-refractivity contribution in [2.45, 2.75) is 48.5 Å². The van der Waals surface area contributed by atoms with E-state index in [2.05, 4.69) is 12.6 Å². The minimum atomic E-state index is -6.12. The summed E-state index contributed by atoms with van der Waals surface area (Å²) in [4.78, 5) is 0. The quantitative estimate of drug-likeness (QED) is 0.593. The molecule has 0 radical (unpaired) electrons. The molecule has 2 unspecified atom stereocenters. The fraction of sp³-hybridized carbons (Fsp3) is 1.00. The molecule has 2 atom stereocenters. The van der Waals surface area contributed by atoms with Crippen LogP contribution in [-0.2, 0) is 10.0 Å². The van der Waals surface area contributed by atoms with Gasteiger partial charge in [0.05, 0.1) is 0 Å². The van der Waals surface area contributed by atoms with Crippen LogP contribution in [-0.4, -0.2) is 42.2 Å². The molecule has 0 aromatic heterocycles. The third-order valence-corrected chi connectivity index (χ3v) is 6.86. The number of piperidine rings is 1. The Hall–Kier alpha value is -0.160. The van der Waals surface area contributed by atoms with Gasteiger partial charge >= 0.3 is 16.4 Å². The summed E-state index contributed by atoms with van der Waals surface area (Å²) in [5.41, 5.74) is 0. The molecular weight excluding hydrogens is 368 g/mol. The summed E-state index contributed by atoms with van der Waals surface area (Å²) in [5.74, 6) is -6.16. The Morgan fingerprint density at radius 1 is 0.913 bits per heavy atom. The highest BCUT2D eigenvalue weighted by molar-refractivity contribution is 7.90. The Labute approximate surface area is 135 Å². The summed E-state index contributed by atoms with van der Waals surface area (Å²) in [7, 11) is -5.93. The predicted molar refractivity (Wildman–Crippen MR) is 74.4 cm³/mol. The minimum Gasteiger partial charge on any atom is -0.206 e. The second-order valence-electron chi connectivity index (χ2n) is 6.09. The van der Waals surface area contributed by atoms with Crippen LogP contribution in [0, 0.1) is 11.8 Å². The summed E-state index contributed by atoms with van der Waals surface area (Å²) < 4.78 is 104. The van der Waals surface area contributed by atoms with Crippen LogP contribution in [0.1, 0.15) is 32.1 Å². The molecule has 1 saturated heterocycles. The third kappa shape index (κ3) is 3.08. The molecule has 3 nitrogen and oxygen atoms in total. The molecule has 0 spiro atoms. The minimum absolute atomic E-state index is 0.163. The lowest BCUT2D eigenvalue weighted by atomic mass is 9.76. The van der Waals surface area contributed by atoms with Gasteiger partial charge in [-0.1, -0.05) is 31.9 Å². The monoisotopic (exact) mass is 385 g/mol. The van der Waals surface area contributed by atoms with Crippen LogP contribution >= 0.6 is 12.6 Å². The van der Waals surface area contributed by atoms with Crippen molar-refractivity contribution in [3.05, 3.63) is 0 Å². The van der Waals surface area contributed by atoms with Crippen molar-refractivity contribution < 1.29 is 34.8 Å². The molecule has 1 aliphatic heterocycles. The van der Waals surface area contributed by atoms with Gasteiger partial charge in [0.25, 0.3) is 10.0 Å². The van der Waals surface area contributed by atoms with Crippen LogP contribution in [0.15, 0.2) is 0 Å². The van der Waals surface area contributed by atoms with Crippen molar-refractivity contribution >= 4 is 22.7 Å². The van der Waals surface area contributed by atoms with Gasteiger partial charge < -0.3 is 0 Å². The normalized spacial score (nSPS) is 28.5. The summed E-state index contributed by atoms with van der Waals surface area (Å²) in [5, 5.41) is -11.4. The standard InChI is InChI=1S/C12H17F6NO2S2/c13-10(14,11(15,16)22)12(17,18)23(20,21)19-6-5-8-3-1-2-4-9(8)7-19/h8-9,22H,1-7H2. The highest BCUT2D eigenvalue weighted by Gasteiger charge is 2.77. The van der Waals surface area contributed by atoms with Crippen molar-refractivity contribution in [2.75, 3.05) is 13.1 Å². The number of hydrogen-bond acceptors (Lipinski definition) is 3. The molecule has 1 saturated carbocycles. The van der Waals surface area contributed by atoms with Crippen LogP contribution in [0.3, 0.4) is 0 Å². The zero-order valence-corrected chi connectivity index (χ0v) is 13.7. The fourth-order valence-electron chi connectivity index (χ4n) is 3.29. The number of sulfonamides is 1. The zero-order valence-electron chi connectivity index (χ0n) is 12.0. The molecule has 11 heteroatoms. The molecule has 23 heavy (non-hydrogen) atoms. The van der Waals surface area contributed by atoms with Crippen LogP contribution in [0.2, 0.25) is 0 Å². The first-order chi connectivity index (χ1) is 10.3. The highest BCUT2D eigenvalue weighted by atomic mass is 32.2. The maximum absolute atomic E-state index is 13.8. The Bertz CT molecular complexity index is 548. The van der Waals surface area contributed by atoms with E-state index in [1.54, 1.807) is 0 Å². The van der Waals surface area contributed by atoms with E-state index in [1.807, 2.05) is 0 Å². The van der Waals surface area contributed by atoms with E-state index in [0.29, 0.717) is 6.42 Å². The van der Waals surface area contributed by atoms with Crippen LogP contribution < -0.4 is 0 Å². The van der Waals surface area contributed by atoms with Crippen molar-refractivity contribution in [3.8, 4) is 0 Å². The maximum atomic E-state index is 13.8. The van der Waals surface area contributed by atoms with Crippen molar-refractivity contribution in [2.24, 2.45) is 11.8 Å².